The summed E-state index contributed by atoms with van der Waals surface area (Å²) in [5.41, 5.74) is 5.44. The van der Waals surface area contributed by atoms with Crippen LogP contribution >= 0.6 is 0 Å². The van der Waals surface area contributed by atoms with Gasteiger partial charge in [0.2, 0.25) is 11.8 Å². The molecule has 6 rings (SSSR count). The van der Waals surface area contributed by atoms with E-state index in [4.69, 9.17) is 0 Å². The zero-order valence-electron chi connectivity index (χ0n) is 18.0. The van der Waals surface area contributed by atoms with E-state index in [1.807, 2.05) is 18.3 Å². The monoisotopic (exact) mass is 441 g/mol. The molecule has 3 aromatic rings. The number of piperidine rings is 1. The number of fused-ring (bicyclic) bond motifs is 1. The van der Waals surface area contributed by atoms with Gasteiger partial charge in [-0.05, 0) is 60.6 Å². The molecule has 1 aliphatic carbocycles. The van der Waals surface area contributed by atoms with Crippen LogP contribution < -0.4 is 5.32 Å². The number of hydrogen-bond donors (Lipinski definition) is 1. The van der Waals surface area contributed by atoms with E-state index in [-0.39, 0.29) is 18.2 Å². The summed E-state index contributed by atoms with van der Waals surface area (Å²) in [5.74, 6) is -0.222. The van der Waals surface area contributed by atoms with Gasteiger partial charge in [-0.3, -0.25) is 19.7 Å². The standard InChI is InChI=1S/C25H23N5O3/c31-23-10-9-22(24(32)26-23)29-13-18-12-19(7-8-20(18)25(29)33)30-14-21(27-28-30)17-6-2-5-16(11-17)15-3-1-4-15/h2,5-8,11-12,14-15,22H,1,3-4,9-10,13H2,(H,26,31,32). The van der Waals surface area contributed by atoms with Crippen molar-refractivity contribution in [1.82, 2.24) is 25.2 Å². The Morgan fingerprint density at radius 2 is 1.88 bits per heavy atom. The van der Waals surface area contributed by atoms with Gasteiger partial charge in [-0.15, -0.1) is 5.10 Å². The molecular weight excluding hydrogens is 418 g/mol. The van der Waals surface area contributed by atoms with Gasteiger partial charge in [0.05, 0.1) is 11.9 Å². The van der Waals surface area contributed by atoms with Gasteiger partial charge in [0.25, 0.3) is 5.91 Å². The average Bonchev–Trinajstić information content (AvgIpc) is 3.38. The third-order valence-corrected chi connectivity index (χ3v) is 7.02. The van der Waals surface area contributed by atoms with Crippen LogP contribution in [0, 0.1) is 0 Å². The second kappa shape index (κ2) is 7.65. The van der Waals surface area contributed by atoms with Crippen molar-refractivity contribution in [2.24, 2.45) is 0 Å². The maximum absolute atomic E-state index is 12.9. The van der Waals surface area contributed by atoms with Crippen LogP contribution in [-0.4, -0.2) is 43.7 Å². The molecule has 2 aromatic carbocycles. The zero-order valence-corrected chi connectivity index (χ0v) is 18.0. The minimum Gasteiger partial charge on any atom is -0.322 e. The third kappa shape index (κ3) is 3.42. The van der Waals surface area contributed by atoms with Gasteiger partial charge < -0.3 is 4.90 Å². The van der Waals surface area contributed by atoms with Crippen molar-refractivity contribution >= 4 is 17.7 Å². The molecule has 3 heterocycles. The molecule has 1 atom stereocenters. The van der Waals surface area contributed by atoms with Gasteiger partial charge in [-0.2, -0.15) is 0 Å². The van der Waals surface area contributed by atoms with E-state index in [0.717, 1.165) is 22.5 Å². The highest BCUT2D eigenvalue weighted by molar-refractivity contribution is 6.05. The van der Waals surface area contributed by atoms with Gasteiger partial charge in [0, 0.05) is 24.1 Å². The van der Waals surface area contributed by atoms with Gasteiger partial charge in [0.1, 0.15) is 11.7 Å². The summed E-state index contributed by atoms with van der Waals surface area (Å²) >= 11 is 0. The lowest BCUT2D eigenvalue weighted by Gasteiger charge is -2.29. The number of aromatic nitrogens is 3. The first-order chi connectivity index (χ1) is 16.1. The van der Waals surface area contributed by atoms with Crippen molar-refractivity contribution < 1.29 is 14.4 Å². The number of carbonyl (C=O) groups is 3. The molecule has 2 fully saturated rings. The molecule has 8 nitrogen and oxygen atoms in total. The number of hydrogen-bond acceptors (Lipinski definition) is 5. The smallest absolute Gasteiger partial charge is 0.255 e. The Kier molecular flexibility index (Phi) is 4.60. The highest BCUT2D eigenvalue weighted by atomic mass is 16.2. The Balaban J connectivity index is 1.24. The Hall–Kier alpha value is -3.81. The highest BCUT2D eigenvalue weighted by Gasteiger charge is 2.39. The quantitative estimate of drug-likeness (QED) is 0.628. The fourth-order valence-corrected chi connectivity index (χ4v) is 4.92. The van der Waals surface area contributed by atoms with Crippen molar-refractivity contribution in [2.45, 2.75) is 50.6 Å². The maximum Gasteiger partial charge on any atom is 0.255 e. The van der Waals surface area contributed by atoms with Crippen LogP contribution in [0.15, 0.2) is 48.7 Å². The molecule has 1 unspecified atom stereocenters. The van der Waals surface area contributed by atoms with Crippen molar-refractivity contribution in [3.05, 3.63) is 65.4 Å². The van der Waals surface area contributed by atoms with Crippen molar-refractivity contribution in [1.29, 1.82) is 0 Å². The second-order valence-electron chi connectivity index (χ2n) is 9.04. The van der Waals surface area contributed by atoms with Crippen LogP contribution in [0.25, 0.3) is 16.9 Å². The molecule has 1 N–H and O–H groups in total. The van der Waals surface area contributed by atoms with Crippen molar-refractivity contribution in [2.75, 3.05) is 0 Å². The molecule has 3 amide bonds. The van der Waals surface area contributed by atoms with Gasteiger partial charge in [-0.25, -0.2) is 4.68 Å². The number of carbonyl (C=O) groups excluding carboxylic acids is 3. The Bertz CT molecular complexity index is 1290. The molecule has 0 spiro atoms. The molecule has 0 bridgehead atoms. The lowest BCUT2D eigenvalue weighted by Crippen LogP contribution is -2.52. The fourth-order valence-electron chi connectivity index (χ4n) is 4.92. The second-order valence-corrected chi connectivity index (χ2v) is 9.04. The Labute approximate surface area is 190 Å². The molecular formula is C25H23N5O3. The van der Waals surface area contributed by atoms with E-state index in [1.54, 1.807) is 15.6 Å². The first kappa shape index (κ1) is 19.8. The molecule has 1 saturated heterocycles. The van der Waals surface area contributed by atoms with Crippen LogP contribution in [0.5, 0.6) is 0 Å². The SMILES string of the molecule is O=C1CCC(N2Cc3cc(-n4cc(-c5cccc(C6CCC6)c5)nn4)ccc3C2=O)C(=O)N1. The maximum atomic E-state index is 12.9. The van der Waals surface area contributed by atoms with E-state index in [2.05, 4.69) is 39.9 Å². The predicted octanol–water partition coefficient (Wildman–Crippen LogP) is 2.96. The molecule has 1 saturated carbocycles. The van der Waals surface area contributed by atoms with Crippen LogP contribution in [0.1, 0.15) is 59.5 Å². The van der Waals surface area contributed by atoms with E-state index in [0.29, 0.717) is 24.4 Å². The van der Waals surface area contributed by atoms with E-state index >= 15 is 0 Å². The minimum absolute atomic E-state index is 0.182. The summed E-state index contributed by atoms with van der Waals surface area (Å²) < 4.78 is 1.71. The summed E-state index contributed by atoms with van der Waals surface area (Å²) in [6.45, 7) is 0.333. The third-order valence-electron chi connectivity index (χ3n) is 7.02. The number of amides is 3. The van der Waals surface area contributed by atoms with E-state index in [1.165, 1.54) is 24.8 Å². The average molecular weight is 441 g/mol. The molecule has 1 aromatic heterocycles. The van der Waals surface area contributed by atoms with Crippen LogP contribution in [-0.2, 0) is 16.1 Å². The van der Waals surface area contributed by atoms with Gasteiger partial charge >= 0.3 is 0 Å². The first-order valence-corrected chi connectivity index (χ1v) is 11.4. The summed E-state index contributed by atoms with van der Waals surface area (Å²) in [4.78, 5) is 38.2. The Morgan fingerprint density at radius 3 is 2.67 bits per heavy atom. The lowest BCUT2D eigenvalue weighted by atomic mass is 9.79. The molecule has 8 heteroatoms. The number of nitrogens with zero attached hydrogens (tertiary/aromatic N) is 4. The fraction of sp³-hybridized carbons (Fsp3) is 0.320. The Morgan fingerprint density at radius 1 is 1.00 bits per heavy atom. The summed E-state index contributed by atoms with van der Waals surface area (Å²) in [6, 6.07) is 13.4. The van der Waals surface area contributed by atoms with Crippen molar-refractivity contribution in [3.8, 4) is 16.9 Å². The molecule has 33 heavy (non-hydrogen) atoms. The minimum atomic E-state index is -0.619. The number of nitrogens with one attached hydrogen (secondary N) is 1. The zero-order chi connectivity index (χ0) is 22.5. The summed E-state index contributed by atoms with van der Waals surface area (Å²) in [7, 11) is 0. The van der Waals surface area contributed by atoms with Gasteiger partial charge in [0.15, 0.2) is 0 Å². The number of rotatable bonds is 4. The number of imide groups is 1. The van der Waals surface area contributed by atoms with Crippen molar-refractivity contribution in [3.63, 3.8) is 0 Å². The van der Waals surface area contributed by atoms with Gasteiger partial charge in [-0.1, -0.05) is 29.8 Å². The molecule has 2 aliphatic heterocycles. The topological polar surface area (TPSA) is 97.2 Å². The normalized spacial score (nSPS) is 20.5. The van der Waals surface area contributed by atoms with Crippen LogP contribution in [0.2, 0.25) is 0 Å². The predicted molar refractivity (Wildman–Crippen MR) is 119 cm³/mol. The molecule has 0 radical (unpaired) electrons. The highest BCUT2D eigenvalue weighted by Crippen LogP contribution is 2.37. The lowest BCUT2D eigenvalue weighted by molar-refractivity contribution is -0.136. The first-order valence-electron chi connectivity index (χ1n) is 11.4. The van der Waals surface area contributed by atoms with E-state index in [9.17, 15) is 14.4 Å². The number of benzene rings is 2. The molecule has 166 valence electrons. The largest absolute Gasteiger partial charge is 0.322 e. The van der Waals surface area contributed by atoms with E-state index < -0.39 is 11.9 Å². The summed E-state index contributed by atoms with van der Waals surface area (Å²) in [6.07, 6.45) is 6.29. The molecule has 3 aliphatic rings. The summed E-state index contributed by atoms with van der Waals surface area (Å²) in [5, 5.41) is 11.0. The van der Waals surface area contributed by atoms with Crippen LogP contribution in [0.3, 0.4) is 0 Å². The van der Waals surface area contributed by atoms with Crippen LogP contribution in [0.4, 0.5) is 0 Å².